The Hall–Kier alpha value is -2.94. The van der Waals surface area contributed by atoms with Crippen LogP contribution in [-0.2, 0) is 25.6 Å². The van der Waals surface area contributed by atoms with Crippen molar-refractivity contribution < 1.29 is 19.2 Å². The van der Waals surface area contributed by atoms with Crippen LogP contribution >= 0.6 is 0 Å². The molecule has 2 aliphatic rings. The molecule has 0 radical (unpaired) electrons. The minimum atomic E-state index is -0.832. The van der Waals surface area contributed by atoms with Crippen molar-refractivity contribution in [2.45, 2.75) is 57.2 Å². The van der Waals surface area contributed by atoms with Crippen LogP contribution in [0.3, 0.4) is 0 Å². The van der Waals surface area contributed by atoms with Crippen molar-refractivity contribution in [1.29, 1.82) is 0 Å². The topological polar surface area (TPSA) is 111 Å². The van der Waals surface area contributed by atoms with Crippen molar-refractivity contribution >= 4 is 23.6 Å². The van der Waals surface area contributed by atoms with Gasteiger partial charge in [0.25, 0.3) is 5.91 Å². The zero-order valence-electron chi connectivity index (χ0n) is 18.1. The lowest BCUT2D eigenvalue weighted by molar-refractivity contribution is -0.162. The quantitative estimate of drug-likeness (QED) is 0.537. The van der Waals surface area contributed by atoms with Crippen molar-refractivity contribution in [2.24, 2.45) is 0 Å². The van der Waals surface area contributed by atoms with E-state index in [1.165, 1.54) is 10.0 Å². The minimum absolute atomic E-state index is 0.145. The number of nitrogens with one attached hydrogen (secondary N) is 3. The normalized spacial score (nSPS) is 22.0. The number of nitrogens with zero attached hydrogens (tertiary/aromatic N) is 2. The van der Waals surface area contributed by atoms with Crippen LogP contribution in [0.1, 0.15) is 38.2 Å². The summed E-state index contributed by atoms with van der Waals surface area (Å²) >= 11 is 0. The van der Waals surface area contributed by atoms with Crippen LogP contribution in [0.4, 0.5) is 0 Å². The number of carbonyl (C=O) groups is 4. The molecule has 0 aliphatic carbocycles. The summed E-state index contributed by atoms with van der Waals surface area (Å²) in [5.41, 5.74) is 1.11. The number of amides is 4. The van der Waals surface area contributed by atoms with E-state index in [0.29, 0.717) is 32.4 Å². The van der Waals surface area contributed by atoms with E-state index in [4.69, 9.17) is 0 Å². The molecule has 0 spiro atoms. The molecular formula is C22H31N5O4. The predicted octanol–water partition coefficient (Wildman–Crippen LogP) is -0.0336. The van der Waals surface area contributed by atoms with Crippen LogP contribution in [0.2, 0.25) is 0 Å². The van der Waals surface area contributed by atoms with Gasteiger partial charge < -0.3 is 16.0 Å². The van der Waals surface area contributed by atoms with Gasteiger partial charge in [-0.3, -0.25) is 24.2 Å². The molecule has 0 unspecified atom stereocenters. The highest BCUT2D eigenvalue weighted by atomic mass is 16.2. The minimum Gasteiger partial charge on any atom is -0.354 e. The van der Waals surface area contributed by atoms with Crippen LogP contribution in [-0.4, -0.2) is 71.9 Å². The van der Waals surface area contributed by atoms with Crippen molar-refractivity contribution in [3.05, 3.63) is 35.9 Å². The summed E-state index contributed by atoms with van der Waals surface area (Å²) in [7, 11) is 1.68. The molecule has 1 aromatic rings. The number of rotatable bonds is 8. The van der Waals surface area contributed by atoms with E-state index >= 15 is 0 Å². The first kappa shape index (κ1) is 22.7. The van der Waals surface area contributed by atoms with E-state index in [0.717, 1.165) is 5.56 Å². The van der Waals surface area contributed by atoms with Crippen molar-refractivity contribution in [3.8, 4) is 0 Å². The first-order valence-corrected chi connectivity index (χ1v) is 10.9. The van der Waals surface area contributed by atoms with E-state index in [1.54, 1.807) is 7.05 Å². The van der Waals surface area contributed by atoms with Crippen LogP contribution in [0, 0.1) is 0 Å². The van der Waals surface area contributed by atoms with Gasteiger partial charge in [0.15, 0.2) is 0 Å². The number of hydrazine groups is 1. The molecule has 1 aromatic carbocycles. The van der Waals surface area contributed by atoms with E-state index in [9.17, 15) is 19.2 Å². The Bertz CT molecular complexity index is 811. The monoisotopic (exact) mass is 429 g/mol. The second-order valence-electron chi connectivity index (χ2n) is 7.88. The summed E-state index contributed by atoms with van der Waals surface area (Å²) in [6, 6.07) is 7.80. The fraction of sp³-hybridized carbons (Fsp3) is 0.545. The van der Waals surface area contributed by atoms with Crippen LogP contribution in [0.25, 0.3) is 0 Å². The molecule has 2 heterocycles. The average Bonchev–Trinajstić information content (AvgIpc) is 3.18. The number of fused-ring (bicyclic) bond motifs is 1. The Morgan fingerprint density at radius 3 is 2.58 bits per heavy atom. The summed E-state index contributed by atoms with van der Waals surface area (Å²) in [4.78, 5) is 51.1. The molecule has 0 saturated carbocycles. The maximum Gasteiger partial charge on any atom is 0.264 e. The van der Waals surface area contributed by atoms with E-state index in [-0.39, 0.29) is 30.6 Å². The smallest absolute Gasteiger partial charge is 0.264 e. The third-order valence-electron chi connectivity index (χ3n) is 5.88. The zero-order chi connectivity index (χ0) is 22.4. The lowest BCUT2D eigenvalue weighted by Gasteiger charge is -2.31. The molecule has 3 rings (SSSR count). The SMILES string of the molecule is CC[C@H](NC)C(=O)N[C@H]1CCC(=O)N2CC[C@@H](C(=O)NCCc3ccccc3)N2C1=O. The van der Waals surface area contributed by atoms with Gasteiger partial charge in [-0.1, -0.05) is 37.3 Å². The largest absolute Gasteiger partial charge is 0.354 e. The van der Waals surface area contributed by atoms with Crippen molar-refractivity contribution in [1.82, 2.24) is 26.0 Å². The Labute approximate surface area is 182 Å². The van der Waals surface area contributed by atoms with Crippen molar-refractivity contribution in [3.63, 3.8) is 0 Å². The van der Waals surface area contributed by atoms with Gasteiger partial charge in [-0.2, -0.15) is 0 Å². The lowest BCUT2D eigenvalue weighted by atomic mass is 10.1. The Balaban J connectivity index is 1.66. The third kappa shape index (κ3) is 5.22. The molecule has 4 amide bonds. The van der Waals surface area contributed by atoms with Crippen LogP contribution < -0.4 is 16.0 Å². The molecular weight excluding hydrogens is 398 g/mol. The summed E-state index contributed by atoms with van der Waals surface area (Å²) in [5.74, 6) is -1.18. The standard InChI is InChI=1S/C22H31N5O4/c1-3-16(23-2)20(29)25-17-9-10-19(28)26-14-12-18(27(26)22(17)31)21(30)24-13-11-15-7-5-4-6-8-15/h4-8,16-18,23H,3,9-14H2,1-2H3,(H,24,30)(H,25,29)/t16-,17-,18-/m0/s1. The van der Waals surface area contributed by atoms with Gasteiger partial charge in [0.05, 0.1) is 6.04 Å². The summed E-state index contributed by atoms with van der Waals surface area (Å²) in [6.45, 7) is 2.63. The summed E-state index contributed by atoms with van der Waals surface area (Å²) < 4.78 is 0. The van der Waals surface area contributed by atoms with Gasteiger partial charge in [-0.05, 0) is 38.3 Å². The summed E-state index contributed by atoms with van der Waals surface area (Å²) in [5, 5.41) is 11.2. The molecule has 3 atom stereocenters. The third-order valence-corrected chi connectivity index (χ3v) is 5.88. The number of benzene rings is 1. The molecule has 3 N–H and O–H groups in total. The number of hydrogen-bond donors (Lipinski definition) is 3. The van der Waals surface area contributed by atoms with Gasteiger partial charge in [0.1, 0.15) is 12.1 Å². The molecule has 9 nitrogen and oxygen atoms in total. The highest BCUT2D eigenvalue weighted by molar-refractivity contribution is 5.96. The molecule has 2 aliphatic heterocycles. The fourth-order valence-electron chi connectivity index (χ4n) is 4.10. The van der Waals surface area contributed by atoms with Crippen molar-refractivity contribution in [2.75, 3.05) is 20.1 Å². The van der Waals surface area contributed by atoms with Gasteiger partial charge in [0, 0.05) is 19.5 Å². The highest BCUT2D eigenvalue weighted by Gasteiger charge is 2.46. The second-order valence-corrected chi connectivity index (χ2v) is 7.88. The molecule has 2 saturated heterocycles. The maximum absolute atomic E-state index is 13.2. The molecule has 168 valence electrons. The van der Waals surface area contributed by atoms with Gasteiger partial charge >= 0.3 is 0 Å². The van der Waals surface area contributed by atoms with Gasteiger partial charge in [-0.25, -0.2) is 5.01 Å². The van der Waals surface area contributed by atoms with Gasteiger partial charge in [0.2, 0.25) is 17.7 Å². The zero-order valence-corrected chi connectivity index (χ0v) is 18.1. The second kappa shape index (κ2) is 10.4. The molecule has 0 bridgehead atoms. The number of hydrogen-bond acceptors (Lipinski definition) is 5. The number of likely N-dealkylation sites (N-methyl/N-ethyl adjacent to an activating group) is 1. The Morgan fingerprint density at radius 1 is 1.16 bits per heavy atom. The highest BCUT2D eigenvalue weighted by Crippen LogP contribution is 2.25. The summed E-state index contributed by atoms with van der Waals surface area (Å²) in [6.07, 6.45) is 2.00. The molecule has 9 heteroatoms. The molecule has 31 heavy (non-hydrogen) atoms. The van der Waals surface area contributed by atoms with E-state index in [2.05, 4.69) is 16.0 Å². The van der Waals surface area contributed by atoms with E-state index in [1.807, 2.05) is 37.3 Å². The van der Waals surface area contributed by atoms with Crippen LogP contribution in [0.15, 0.2) is 30.3 Å². The molecule has 2 fully saturated rings. The Kier molecular flexibility index (Phi) is 7.62. The predicted molar refractivity (Wildman–Crippen MR) is 114 cm³/mol. The Morgan fingerprint density at radius 2 is 1.90 bits per heavy atom. The first-order valence-electron chi connectivity index (χ1n) is 10.9. The maximum atomic E-state index is 13.2. The van der Waals surface area contributed by atoms with Gasteiger partial charge in [-0.15, -0.1) is 0 Å². The molecule has 0 aromatic heterocycles. The fourth-order valence-corrected chi connectivity index (χ4v) is 4.10. The first-order chi connectivity index (χ1) is 15.0. The van der Waals surface area contributed by atoms with Crippen LogP contribution in [0.5, 0.6) is 0 Å². The number of carbonyl (C=O) groups excluding carboxylic acids is 4. The lowest BCUT2D eigenvalue weighted by Crippen LogP contribution is -2.58. The average molecular weight is 430 g/mol. The van der Waals surface area contributed by atoms with E-state index < -0.39 is 24.0 Å².